The molecule has 1 aromatic carbocycles. The summed E-state index contributed by atoms with van der Waals surface area (Å²) in [7, 11) is 1.55. The predicted octanol–water partition coefficient (Wildman–Crippen LogP) is 1.85. The van der Waals surface area contributed by atoms with E-state index in [1.165, 1.54) is 6.20 Å². The van der Waals surface area contributed by atoms with E-state index in [-0.39, 0.29) is 12.1 Å². The zero-order chi connectivity index (χ0) is 19.8. The Labute approximate surface area is 153 Å². The van der Waals surface area contributed by atoms with Crippen molar-refractivity contribution in [3.05, 3.63) is 67.9 Å². The van der Waals surface area contributed by atoms with Crippen molar-refractivity contribution in [1.82, 2.24) is 10.3 Å². The average molecular weight is 376 g/mol. The second-order valence-electron chi connectivity index (χ2n) is 5.28. The van der Waals surface area contributed by atoms with E-state index in [0.29, 0.717) is 24.7 Å². The van der Waals surface area contributed by atoms with Gasteiger partial charge in [-0.3, -0.25) is 25.0 Å². The topological polar surface area (TPSA) is 147 Å². The zero-order valence-electron chi connectivity index (χ0n) is 14.3. The van der Waals surface area contributed by atoms with E-state index < -0.39 is 27.1 Å². The molecule has 0 saturated carbocycles. The van der Waals surface area contributed by atoms with Gasteiger partial charge in [-0.2, -0.15) is 0 Å². The van der Waals surface area contributed by atoms with Crippen LogP contribution >= 0.6 is 0 Å². The molecule has 0 radical (unpaired) electrons. The first kappa shape index (κ1) is 19.7. The number of amides is 1. The largest absolute Gasteiger partial charge is 0.475 e. The maximum absolute atomic E-state index is 12.2. The SMILES string of the molecule is COCCOc1ccc(CNC(=O)c2cc([N+](=O)[O-])cc([N+](=O)[O-])c2)cn1. The van der Waals surface area contributed by atoms with E-state index in [9.17, 15) is 25.0 Å². The summed E-state index contributed by atoms with van der Waals surface area (Å²) in [5, 5.41) is 24.3. The lowest BCUT2D eigenvalue weighted by atomic mass is 10.1. The molecule has 2 rings (SSSR count). The second kappa shape index (κ2) is 9.20. The fourth-order valence-electron chi connectivity index (χ4n) is 2.05. The molecule has 0 unspecified atom stereocenters. The smallest absolute Gasteiger partial charge is 0.277 e. The van der Waals surface area contributed by atoms with Crippen LogP contribution in [-0.2, 0) is 11.3 Å². The lowest BCUT2D eigenvalue weighted by molar-refractivity contribution is -0.394. The van der Waals surface area contributed by atoms with Crippen LogP contribution < -0.4 is 10.1 Å². The van der Waals surface area contributed by atoms with Crippen molar-refractivity contribution in [2.45, 2.75) is 6.54 Å². The summed E-state index contributed by atoms with van der Waals surface area (Å²) in [6.45, 7) is 0.862. The number of hydrogen-bond acceptors (Lipinski definition) is 8. The highest BCUT2D eigenvalue weighted by Crippen LogP contribution is 2.22. The molecule has 27 heavy (non-hydrogen) atoms. The third-order valence-electron chi connectivity index (χ3n) is 3.37. The molecule has 1 heterocycles. The Kier molecular flexibility index (Phi) is 6.72. The number of nitrogens with zero attached hydrogens (tertiary/aromatic N) is 3. The fraction of sp³-hybridized carbons (Fsp3) is 0.250. The van der Waals surface area contributed by atoms with Crippen LogP contribution in [0.15, 0.2) is 36.5 Å². The monoisotopic (exact) mass is 376 g/mol. The van der Waals surface area contributed by atoms with Gasteiger partial charge < -0.3 is 14.8 Å². The van der Waals surface area contributed by atoms with Crippen molar-refractivity contribution in [3.8, 4) is 5.88 Å². The molecule has 1 amide bonds. The summed E-state index contributed by atoms with van der Waals surface area (Å²) in [6.07, 6.45) is 1.50. The van der Waals surface area contributed by atoms with Crippen LogP contribution in [0.25, 0.3) is 0 Å². The van der Waals surface area contributed by atoms with Crippen LogP contribution in [0.1, 0.15) is 15.9 Å². The average Bonchev–Trinajstić information content (AvgIpc) is 2.66. The predicted molar refractivity (Wildman–Crippen MR) is 92.5 cm³/mol. The normalized spacial score (nSPS) is 10.3. The highest BCUT2D eigenvalue weighted by molar-refractivity contribution is 5.95. The molecular formula is C16H16N4O7. The number of rotatable bonds is 9. The molecule has 11 nitrogen and oxygen atoms in total. The van der Waals surface area contributed by atoms with E-state index in [2.05, 4.69) is 10.3 Å². The van der Waals surface area contributed by atoms with Crippen molar-refractivity contribution >= 4 is 17.3 Å². The van der Waals surface area contributed by atoms with E-state index in [1.807, 2.05) is 0 Å². The Hall–Kier alpha value is -3.60. The first-order valence-corrected chi connectivity index (χ1v) is 7.69. The van der Waals surface area contributed by atoms with Crippen LogP contribution in [0.2, 0.25) is 0 Å². The Balaban J connectivity index is 2.03. The Morgan fingerprint density at radius 3 is 2.30 bits per heavy atom. The Bertz CT molecular complexity index is 807. The molecule has 1 N–H and O–H groups in total. The van der Waals surface area contributed by atoms with Crippen LogP contribution in [0, 0.1) is 20.2 Å². The standard InChI is InChI=1S/C16H16N4O7/c1-26-4-5-27-15-3-2-11(9-17-15)10-18-16(21)12-6-13(19(22)23)8-14(7-12)20(24)25/h2-3,6-9H,4-5,10H2,1H3,(H,18,21). The quantitative estimate of drug-likeness (QED) is 0.396. The molecule has 1 aromatic heterocycles. The minimum Gasteiger partial charge on any atom is -0.475 e. The first-order valence-electron chi connectivity index (χ1n) is 7.69. The maximum Gasteiger partial charge on any atom is 0.277 e. The van der Waals surface area contributed by atoms with Crippen LogP contribution in [-0.4, -0.2) is 41.1 Å². The molecule has 11 heteroatoms. The van der Waals surface area contributed by atoms with Gasteiger partial charge in [-0.15, -0.1) is 0 Å². The molecule has 0 atom stereocenters. The molecule has 0 bridgehead atoms. The van der Waals surface area contributed by atoms with Gasteiger partial charge in [0.15, 0.2) is 0 Å². The molecule has 0 aliphatic heterocycles. The molecule has 0 fully saturated rings. The fourth-order valence-corrected chi connectivity index (χ4v) is 2.05. The number of carbonyl (C=O) groups is 1. The molecule has 142 valence electrons. The molecule has 2 aromatic rings. The molecule has 0 aliphatic rings. The van der Waals surface area contributed by atoms with Gasteiger partial charge >= 0.3 is 0 Å². The van der Waals surface area contributed by atoms with Crippen LogP contribution in [0.5, 0.6) is 5.88 Å². The molecule has 0 aliphatic carbocycles. The molecular weight excluding hydrogens is 360 g/mol. The van der Waals surface area contributed by atoms with Gasteiger partial charge in [0.1, 0.15) is 6.61 Å². The van der Waals surface area contributed by atoms with Crippen molar-refractivity contribution in [2.75, 3.05) is 20.3 Å². The first-order chi connectivity index (χ1) is 12.9. The molecule has 0 spiro atoms. The van der Waals surface area contributed by atoms with Gasteiger partial charge in [0.2, 0.25) is 5.88 Å². The van der Waals surface area contributed by atoms with Gasteiger partial charge in [0, 0.05) is 38.1 Å². The summed E-state index contributed by atoms with van der Waals surface area (Å²) < 4.78 is 10.2. The van der Waals surface area contributed by atoms with Crippen molar-refractivity contribution < 1.29 is 24.1 Å². The number of pyridine rings is 1. The number of nitrogens with one attached hydrogen (secondary N) is 1. The van der Waals surface area contributed by atoms with E-state index in [4.69, 9.17) is 9.47 Å². The van der Waals surface area contributed by atoms with Gasteiger partial charge in [-0.1, -0.05) is 6.07 Å². The van der Waals surface area contributed by atoms with Crippen molar-refractivity contribution in [3.63, 3.8) is 0 Å². The summed E-state index contributed by atoms with van der Waals surface area (Å²) in [6, 6.07) is 6.06. The highest BCUT2D eigenvalue weighted by Gasteiger charge is 2.19. The van der Waals surface area contributed by atoms with E-state index >= 15 is 0 Å². The number of nitro benzene ring substituents is 2. The van der Waals surface area contributed by atoms with Crippen molar-refractivity contribution in [2.24, 2.45) is 0 Å². The third-order valence-corrected chi connectivity index (χ3v) is 3.37. The minimum atomic E-state index is -0.796. The number of non-ortho nitro benzene ring substituents is 2. The molecule has 0 saturated heterocycles. The third kappa shape index (κ3) is 5.71. The summed E-state index contributed by atoms with van der Waals surface area (Å²) in [4.78, 5) is 36.4. The number of aromatic nitrogens is 1. The summed E-state index contributed by atoms with van der Waals surface area (Å²) in [5.41, 5.74) is -0.590. The van der Waals surface area contributed by atoms with E-state index in [0.717, 1.165) is 18.2 Å². The number of carbonyl (C=O) groups excluding carboxylic acids is 1. The van der Waals surface area contributed by atoms with Gasteiger partial charge in [0.25, 0.3) is 17.3 Å². The summed E-state index contributed by atoms with van der Waals surface area (Å²) >= 11 is 0. The maximum atomic E-state index is 12.2. The number of hydrogen-bond donors (Lipinski definition) is 1. The van der Waals surface area contributed by atoms with E-state index in [1.54, 1.807) is 19.2 Å². The van der Waals surface area contributed by atoms with Crippen LogP contribution in [0.3, 0.4) is 0 Å². The minimum absolute atomic E-state index is 0.0840. The number of ether oxygens (including phenoxy) is 2. The van der Waals surface area contributed by atoms with Gasteiger partial charge in [-0.25, -0.2) is 4.98 Å². The number of nitro groups is 2. The highest BCUT2D eigenvalue weighted by atomic mass is 16.6. The number of methoxy groups -OCH3 is 1. The van der Waals surface area contributed by atoms with Gasteiger partial charge in [-0.05, 0) is 5.56 Å². The second-order valence-corrected chi connectivity index (χ2v) is 5.28. The zero-order valence-corrected chi connectivity index (χ0v) is 14.3. The van der Waals surface area contributed by atoms with Gasteiger partial charge in [0.05, 0.1) is 28.1 Å². The lowest BCUT2D eigenvalue weighted by Gasteiger charge is -2.07. The Morgan fingerprint density at radius 1 is 1.11 bits per heavy atom. The summed E-state index contributed by atoms with van der Waals surface area (Å²) in [5.74, 6) is -0.279. The van der Waals surface area contributed by atoms with Crippen molar-refractivity contribution in [1.29, 1.82) is 0 Å². The lowest BCUT2D eigenvalue weighted by Crippen LogP contribution is -2.23. The Morgan fingerprint density at radius 2 is 1.78 bits per heavy atom. The van der Waals surface area contributed by atoms with Crippen LogP contribution in [0.4, 0.5) is 11.4 Å². The number of benzene rings is 1.